The Labute approximate surface area is 81.2 Å². The van der Waals surface area contributed by atoms with Crippen LogP contribution in [0.25, 0.3) is 0 Å². The van der Waals surface area contributed by atoms with Gasteiger partial charge in [-0.2, -0.15) is 5.32 Å². The summed E-state index contributed by atoms with van der Waals surface area (Å²) in [5.41, 5.74) is 0. The molecule has 0 bridgehead atoms. The van der Waals surface area contributed by atoms with E-state index in [4.69, 9.17) is 0 Å². The van der Waals surface area contributed by atoms with Crippen molar-refractivity contribution >= 4 is 22.4 Å². The third-order valence-electron chi connectivity index (χ3n) is 2.02. The zero-order valence-corrected chi connectivity index (χ0v) is 8.30. The van der Waals surface area contributed by atoms with Crippen LogP contribution >= 0.6 is 11.3 Å². The predicted molar refractivity (Wildman–Crippen MR) is 51.0 cm³/mol. The Morgan fingerprint density at radius 2 is 2.54 bits per heavy atom. The van der Waals surface area contributed by atoms with Gasteiger partial charge in [-0.05, 0) is 19.3 Å². The molecule has 13 heavy (non-hydrogen) atoms. The lowest BCUT2D eigenvalue weighted by atomic mass is 10.4. The Hall–Kier alpha value is -0.900. The van der Waals surface area contributed by atoms with Gasteiger partial charge in [0.2, 0.25) is 5.13 Å². The minimum absolute atomic E-state index is 0.0111. The summed E-state index contributed by atoms with van der Waals surface area (Å²) in [6.07, 6.45) is 4.77. The van der Waals surface area contributed by atoms with Crippen LogP contribution in [-0.4, -0.2) is 10.9 Å². The molecule has 1 heterocycles. The van der Waals surface area contributed by atoms with Crippen LogP contribution in [0.1, 0.15) is 24.6 Å². The van der Waals surface area contributed by atoms with Crippen molar-refractivity contribution in [3.05, 3.63) is 11.1 Å². The van der Waals surface area contributed by atoms with Gasteiger partial charge in [0.15, 0.2) is 0 Å². The highest BCUT2D eigenvalue weighted by Gasteiger charge is 2.31. The molecule has 2 rings (SSSR count). The summed E-state index contributed by atoms with van der Waals surface area (Å²) in [5.74, 6) is 0.214. The van der Waals surface area contributed by atoms with Gasteiger partial charge in [-0.1, -0.05) is 18.3 Å². The second-order valence-electron chi connectivity index (χ2n) is 3.19. The molecule has 0 unspecified atom stereocenters. The lowest BCUT2D eigenvalue weighted by Crippen LogP contribution is -2.11. The number of aromatic nitrogens is 1. The molecule has 0 spiro atoms. The van der Waals surface area contributed by atoms with E-state index in [-0.39, 0.29) is 11.8 Å². The molecule has 1 aliphatic rings. The van der Waals surface area contributed by atoms with E-state index in [0.717, 1.165) is 19.3 Å². The first-order valence-electron chi connectivity index (χ1n) is 4.50. The summed E-state index contributed by atoms with van der Waals surface area (Å²) in [6, 6.07) is 0. The fourth-order valence-corrected chi connectivity index (χ4v) is 1.75. The predicted octanol–water partition coefficient (Wildman–Crippen LogP) is 1.88. The molecular weight excluding hydrogens is 184 g/mol. The number of aryl methyl sites for hydroxylation is 1. The number of carbonyl (C=O) groups excluding carboxylic acids is 1. The van der Waals surface area contributed by atoms with Crippen molar-refractivity contribution in [1.29, 1.82) is 0 Å². The van der Waals surface area contributed by atoms with Crippen LogP contribution in [0.4, 0.5) is 5.13 Å². The van der Waals surface area contributed by atoms with Crippen molar-refractivity contribution in [3.63, 3.8) is 0 Å². The van der Waals surface area contributed by atoms with E-state index in [9.17, 15) is 4.79 Å². The van der Waals surface area contributed by atoms with E-state index in [1.165, 1.54) is 16.2 Å². The SMILES string of the molecule is CCc1cnc([N]C(=O)C2CC2)s1. The van der Waals surface area contributed by atoms with Gasteiger partial charge in [0.05, 0.1) is 0 Å². The molecule has 69 valence electrons. The molecule has 1 fully saturated rings. The highest BCUT2D eigenvalue weighted by molar-refractivity contribution is 7.15. The van der Waals surface area contributed by atoms with Crippen molar-refractivity contribution in [1.82, 2.24) is 10.3 Å². The highest BCUT2D eigenvalue weighted by atomic mass is 32.1. The summed E-state index contributed by atoms with van der Waals surface area (Å²) in [5, 5.41) is 4.58. The molecule has 1 radical (unpaired) electrons. The van der Waals surface area contributed by atoms with Gasteiger partial charge >= 0.3 is 0 Å². The van der Waals surface area contributed by atoms with Gasteiger partial charge in [0.25, 0.3) is 5.91 Å². The first kappa shape index (κ1) is 8.69. The maximum atomic E-state index is 11.3. The van der Waals surface area contributed by atoms with Crippen molar-refractivity contribution in [2.45, 2.75) is 26.2 Å². The lowest BCUT2D eigenvalue weighted by Gasteiger charge is -1.92. The van der Waals surface area contributed by atoms with Gasteiger partial charge < -0.3 is 0 Å². The Balaban J connectivity index is 1.96. The summed E-state index contributed by atoms with van der Waals surface area (Å²) in [7, 11) is 0. The van der Waals surface area contributed by atoms with Gasteiger partial charge in [-0.3, -0.25) is 4.79 Å². The maximum Gasteiger partial charge on any atom is 0.251 e. The van der Waals surface area contributed by atoms with E-state index >= 15 is 0 Å². The third-order valence-corrected chi connectivity index (χ3v) is 3.06. The molecule has 0 saturated heterocycles. The standard InChI is InChI=1S/C9H11N2OS/c1-2-7-5-10-9(13-7)11-8(12)6-3-4-6/h5-6H,2-4H2,1H3. The molecule has 3 nitrogen and oxygen atoms in total. The smallest absolute Gasteiger partial charge is 0.251 e. The summed E-state index contributed by atoms with van der Waals surface area (Å²) in [4.78, 5) is 16.5. The van der Waals surface area contributed by atoms with Crippen LogP contribution in [0.15, 0.2) is 6.20 Å². The minimum Gasteiger partial charge on any atom is -0.272 e. The monoisotopic (exact) mass is 195 g/mol. The molecule has 1 aromatic rings. The van der Waals surface area contributed by atoms with Gasteiger partial charge in [0.1, 0.15) is 0 Å². The van der Waals surface area contributed by atoms with Crippen LogP contribution in [0.5, 0.6) is 0 Å². The van der Waals surface area contributed by atoms with E-state index in [0.29, 0.717) is 5.13 Å². The largest absolute Gasteiger partial charge is 0.272 e. The Bertz CT molecular complexity index is 317. The molecule has 1 saturated carbocycles. The maximum absolute atomic E-state index is 11.3. The fourth-order valence-electron chi connectivity index (χ4n) is 1.03. The number of nitrogens with zero attached hydrogens (tertiary/aromatic N) is 2. The average molecular weight is 195 g/mol. The van der Waals surface area contributed by atoms with Crippen molar-refractivity contribution in [2.24, 2.45) is 5.92 Å². The Morgan fingerprint density at radius 3 is 3.08 bits per heavy atom. The van der Waals surface area contributed by atoms with Crippen LogP contribution in [0.3, 0.4) is 0 Å². The average Bonchev–Trinajstić information content (AvgIpc) is 2.88. The molecule has 0 N–H and O–H groups in total. The molecule has 0 atom stereocenters. The quantitative estimate of drug-likeness (QED) is 0.739. The third kappa shape index (κ3) is 2.06. The van der Waals surface area contributed by atoms with E-state index in [1.807, 2.05) is 0 Å². The van der Waals surface area contributed by atoms with Crippen molar-refractivity contribution < 1.29 is 4.79 Å². The van der Waals surface area contributed by atoms with Crippen molar-refractivity contribution in [3.8, 4) is 0 Å². The number of thiazole rings is 1. The zero-order chi connectivity index (χ0) is 9.26. The van der Waals surface area contributed by atoms with Crippen LogP contribution < -0.4 is 5.32 Å². The second kappa shape index (κ2) is 3.46. The number of carbonyl (C=O) groups is 1. The van der Waals surface area contributed by atoms with E-state index in [1.54, 1.807) is 6.20 Å². The number of amides is 1. The molecule has 1 amide bonds. The second-order valence-corrected chi connectivity index (χ2v) is 4.28. The first-order chi connectivity index (χ1) is 6.29. The van der Waals surface area contributed by atoms with Gasteiger partial charge in [-0.25, -0.2) is 4.98 Å². The van der Waals surface area contributed by atoms with Crippen LogP contribution in [-0.2, 0) is 11.2 Å². The summed E-state index contributed by atoms with van der Waals surface area (Å²) >= 11 is 1.51. The lowest BCUT2D eigenvalue weighted by molar-refractivity contribution is -0.121. The molecular formula is C9H11N2OS. The summed E-state index contributed by atoms with van der Waals surface area (Å²) < 4.78 is 0. The highest BCUT2D eigenvalue weighted by Crippen LogP contribution is 2.31. The fraction of sp³-hybridized carbons (Fsp3) is 0.556. The van der Waals surface area contributed by atoms with E-state index < -0.39 is 0 Å². The molecule has 0 aromatic carbocycles. The minimum atomic E-state index is 0.0111. The zero-order valence-electron chi connectivity index (χ0n) is 7.49. The van der Waals surface area contributed by atoms with E-state index in [2.05, 4.69) is 17.2 Å². The Morgan fingerprint density at radius 1 is 1.77 bits per heavy atom. The molecule has 1 aliphatic carbocycles. The summed E-state index contributed by atoms with van der Waals surface area (Å²) in [6.45, 7) is 2.07. The van der Waals surface area contributed by atoms with Crippen molar-refractivity contribution in [2.75, 3.05) is 0 Å². The Kier molecular flexibility index (Phi) is 2.31. The van der Waals surface area contributed by atoms with Gasteiger partial charge in [-0.15, -0.1) is 0 Å². The number of rotatable bonds is 3. The normalized spacial score (nSPS) is 15.8. The molecule has 4 heteroatoms. The van der Waals surface area contributed by atoms with Crippen LogP contribution in [0.2, 0.25) is 0 Å². The number of hydrogen-bond acceptors (Lipinski definition) is 3. The molecule has 1 aromatic heterocycles. The first-order valence-corrected chi connectivity index (χ1v) is 5.31. The number of hydrogen-bond donors (Lipinski definition) is 0. The topological polar surface area (TPSA) is 44.1 Å². The molecule has 0 aliphatic heterocycles. The van der Waals surface area contributed by atoms with Gasteiger partial charge in [0, 0.05) is 17.0 Å². The van der Waals surface area contributed by atoms with Crippen LogP contribution in [0, 0.1) is 5.92 Å².